The molecule has 2 aromatic carbocycles. The summed E-state index contributed by atoms with van der Waals surface area (Å²) < 4.78 is 11.7. The SMILES string of the molecule is COc1cc(/C=C(/C#N)C(=O)NC(C)C)cc(Br)c1OCc1cccc([N+](=O)[O-])c1. The molecule has 0 radical (unpaired) electrons. The zero-order valence-electron chi connectivity index (χ0n) is 16.6. The lowest BCUT2D eigenvalue weighted by atomic mass is 10.1. The zero-order chi connectivity index (χ0) is 22.3. The van der Waals surface area contributed by atoms with Crippen LogP contribution < -0.4 is 14.8 Å². The molecule has 0 spiro atoms. The smallest absolute Gasteiger partial charge is 0.269 e. The summed E-state index contributed by atoms with van der Waals surface area (Å²) in [6, 6.07) is 11.3. The molecule has 1 N–H and O–H groups in total. The molecule has 0 saturated heterocycles. The summed E-state index contributed by atoms with van der Waals surface area (Å²) in [5.74, 6) is 0.308. The van der Waals surface area contributed by atoms with E-state index >= 15 is 0 Å². The molecule has 0 aromatic heterocycles. The molecular formula is C21H20BrN3O5. The van der Waals surface area contributed by atoms with Gasteiger partial charge in [-0.3, -0.25) is 14.9 Å². The van der Waals surface area contributed by atoms with Crippen molar-refractivity contribution in [2.75, 3.05) is 7.11 Å². The van der Waals surface area contributed by atoms with Crippen molar-refractivity contribution in [3.05, 3.63) is 67.7 Å². The van der Waals surface area contributed by atoms with Crippen LogP contribution in [0.4, 0.5) is 5.69 Å². The fourth-order valence-corrected chi connectivity index (χ4v) is 3.11. The lowest BCUT2D eigenvalue weighted by Crippen LogP contribution is -2.30. The molecule has 0 aliphatic rings. The average Bonchev–Trinajstić information content (AvgIpc) is 2.70. The maximum absolute atomic E-state index is 12.1. The van der Waals surface area contributed by atoms with Crippen molar-refractivity contribution < 1.29 is 19.2 Å². The molecule has 0 unspecified atom stereocenters. The molecule has 0 aliphatic carbocycles. The van der Waals surface area contributed by atoms with E-state index in [0.29, 0.717) is 27.1 Å². The van der Waals surface area contributed by atoms with Crippen molar-refractivity contribution in [1.82, 2.24) is 5.32 Å². The summed E-state index contributed by atoms with van der Waals surface area (Å²) in [4.78, 5) is 22.6. The minimum Gasteiger partial charge on any atom is -0.493 e. The van der Waals surface area contributed by atoms with Crippen LogP contribution in [-0.2, 0) is 11.4 Å². The number of rotatable bonds is 8. The standard InChI is InChI=1S/C21H20BrN3O5/c1-13(2)24-21(26)16(11-23)7-15-9-18(22)20(19(10-15)29-3)30-12-14-5-4-6-17(8-14)25(27)28/h4-10,13H,12H2,1-3H3,(H,24,26)/b16-7-. The third-order valence-corrected chi connectivity index (χ3v) is 4.44. The van der Waals surface area contributed by atoms with E-state index in [1.165, 1.54) is 25.3 Å². The number of nitriles is 1. The number of amides is 1. The predicted octanol–water partition coefficient (Wildman–Crippen LogP) is 4.38. The molecule has 30 heavy (non-hydrogen) atoms. The van der Waals surface area contributed by atoms with Crippen molar-refractivity contribution in [3.8, 4) is 17.6 Å². The highest BCUT2D eigenvalue weighted by atomic mass is 79.9. The van der Waals surface area contributed by atoms with Gasteiger partial charge in [0.05, 0.1) is 16.5 Å². The number of benzene rings is 2. The first kappa shape index (κ1) is 22.9. The van der Waals surface area contributed by atoms with Gasteiger partial charge in [-0.25, -0.2) is 0 Å². The highest BCUT2D eigenvalue weighted by Crippen LogP contribution is 2.38. The number of carbonyl (C=O) groups is 1. The number of nitrogens with one attached hydrogen (secondary N) is 1. The van der Waals surface area contributed by atoms with Gasteiger partial charge < -0.3 is 14.8 Å². The first-order chi connectivity index (χ1) is 14.2. The van der Waals surface area contributed by atoms with Crippen molar-refractivity contribution in [2.24, 2.45) is 0 Å². The first-order valence-corrected chi connectivity index (χ1v) is 9.70. The lowest BCUT2D eigenvalue weighted by molar-refractivity contribution is -0.384. The Hall–Kier alpha value is -3.38. The summed E-state index contributed by atoms with van der Waals surface area (Å²) in [6.45, 7) is 3.70. The number of nitrogens with zero attached hydrogens (tertiary/aromatic N) is 2. The molecule has 1 amide bonds. The summed E-state index contributed by atoms with van der Waals surface area (Å²) in [6.07, 6.45) is 1.45. The van der Waals surface area contributed by atoms with Crippen LogP contribution in [0.2, 0.25) is 0 Å². The number of hydrogen-bond acceptors (Lipinski definition) is 6. The third kappa shape index (κ3) is 6.06. The van der Waals surface area contributed by atoms with Crippen LogP contribution in [0.25, 0.3) is 6.08 Å². The number of hydrogen-bond donors (Lipinski definition) is 1. The Kier molecular flexibility index (Phi) is 7.95. The Labute approximate surface area is 182 Å². The van der Waals surface area contributed by atoms with Gasteiger partial charge in [-0.15, -0.1) is 0 Å². The summed E-state index contributed by atoms with van der Waals surface area (Å²) >= 11 is 3.41. The van der Waals surface area contributed by atoms with E-state index in [1.54, 1.807) is 38.1 Å². The lowest BCUT2D eigenvalue weighted by Gasteiger charge is -2.14. The number of ether oxygens (including phenoxy) is 2. The molecule has 9 heteroatoms. The fraction of sp³-hybridized carbons (Fsp3) is 0.238. The van der Waals surface area contributed by atoms with E-state index in [2.05, 4.69) is 21.2 Å². The van der Waals surface area contributed by atoms with Gasteiger partial charge in [-0.2, -0.15) is 5.26 Å². The molecule has 2 aromatic rings. The van der Waals surface area contributed by atoms with Crippen molar-refractivity contribution in [3.63, 3.8) is 0 Å². The van der Waals surface area contributed by atoms with Gasteiger partial charge in [-0.1, -0.05) is 12.1 Å². The number of methoxy groups -OCH3 is 1. The second-order valence-corrected chi connectivity index (χ2v) is 7.40. The Morgan fingerprint density at radius 2 is 2.10 bits per heavy atom. The maximum Gasteiger partial charge on any atom is 0.269 e. The number of non-ortho nitro benzene ring substituents is 1. The van der Waals surface area contributed by atoms with Gasteiger partial charge in [-0.05, 0) is 59.1 Å². The fourth-order valence-electron chi connectivity index (χ4n) is 2.53. The number of halogens is 1. The van der Waals surface area contributed by atoms with Crippen molar-refractivity contribution in [2.45, 2.75) is 26.5 Å². The highest BCUT2D eigenvalue weighted by Gasteiger charge is 2.15. The number of carbonyl (C=O) groups excluding carboxylic acids is 1. The normalized spacial score (nSPS) is 11.0. The molecule has 0 atom stereocenters. The number of nitro groups is 1. The molecule has 8 nitrogen and oxygen atoms in total. The molecule has 0 heterocycles. The van der Waals surface area contributed by atoms with E-state index in [9.17, 15) is 20.2 Å². The first-order valence-electron chi connectivity index (χ1n) is 8.91. The van der Waals surface area contributed by atoms with Gasteiger partial charge in [0.2, 0.25) is 0 Å². The molecular weight excluding hydrogens is 454 g/mol. The highest BCUT2D eigenvalue weighted by molar-refractivity contribution is 9.10. The topological polar surface area (TPSA) is 114 Å². The average molecular weight is 474 g/mol. The maximum atomic E-state index is 12.1. The molecule has 0 aliphatic heterocycles. The Morgan fingerprint density at radius 1 is 1.37 bits per heavy atom. The van der Waals surface area contributed by atoms with E-state index in [4.69, 9.17) is 9.47 Å². The van der Waals surface area contributed by atoms with Gasteiger partial charge in [0.1, 0.15) is 18.2 Å². The summed E-state index contributed by atoms with van der Waals surface area (Å²) in [5.41, 5.74) is 1.13. The van der Waals surface area contributed by atoms with Crippen LogP contribution in [0.3, 0.4) is 0 Å². The third-order valence-electron chi connectivity index (χ3n) is 3.85. The van der Waals surface area contributed by atoms with Crippen LogP contribution in [-0.4, -0.2) is 24.0 Å². The second-order valence-electron chi connectivity index (χ2n) is 6.55. The van der Waals surface area contributed by atoms with E-state index in [0.717, 1.165) is 0 Å². The quantitative estimate of drug-likeness (QED) is 0.263. The van der Waals surface area contributed by atoms with Gasteiger partial charge >= 0.3 is 0 Å². The van der Waals surface area contributed by atoms with Crippen LogP contribution in [0, 0.1) is 21.4 Å². The van der Waals surface area contributed by atoms with E-state index in [-0.39, 0.29) is 23.9 Å². The van der Waals surface area contributed by atoms with E-state index < -0.39 is 10.8 Å². The number of nitro benzene ring substituents is 1. The minimum absolute atomic E-state index is 0.0219. The Morgan fingerprint density at radius 3 is 2.70 bits per heavy atom. The van der Waals surface area contributed by atoms with Crippen LogP contribution in [0.1, 0.15) is 25.0 Å². The molecule has 0 bridgehead atoms. The summed E-state index contributed by atoms with van der Waals surface area (Å²) in [5, 5.41) is 22.9. The van der Waals surface area contributed by atoms with Gasteiger partial charge in [0, 0.05) is 18.2 Å². The minimum atomic E-state index is -0.469. The van der Waals surface area contributed by atoms with Gasteiger partial charge in [0.25, 0.3) is 11.6 Å². The zero-order valence-corrected chi connectivity index (χ0v) is 18.2. The molecule has 0 fully saturated rings. The predicted molar refractivity (Wildman–Crippen MR) is 115 cm³/mol. The Bertz CT molecular complexity index is 1030. The second kappa shape index (κ2) is 10.4. The largest absolute Gasteiger partial charge is 0.493 e. The van der Waals surface area contributed by atoms with Crippen molar-refractivity contribution in [1.29, 1.82) is 5.26 Å². The van der Waals surface area contributed by atoms with E-state index in [1.807, 2.05) is 6.07 Å². The van der Waals surface area contributed by atoms with Crippen LogP contribution in [0.15, 0.2) is 46.4 Å². The monoisotopic (exact) mass is 473 g/mol. The molecule has 156 valence electrons. The van der Waals surface area contributed by atoms with Crippen molar-refractivity contribution >= 4 is 33.6 Å². The summed E-state index contributed by atoms with van der Waals surface area (Å²) in [7, 11) is 1.46. The Balaban J connectivity index is 2.28. The van der Waals surface area contributed by atoms with Gasteiger partial charge in [0.15, 0.2) is 11.5 Å². The van der Waals surface area contributed by atoms with Crippen LogP contribution in [0.5, 0.6) is 11.5 Å². The molecule has 2 rings (SSSR count). The van der Waals surface area contributed by atoms with Crippen LogP contribution >= 0.6 is 15.9 Å². The molecule has 0 saturated carbocycles.